The van der Waals surface area contributed by atoms with Gasteiger partial charge in [0.2, 0.25) is 5.91 Å². The molecule has 0 saturated heterocycles. The molecule has 2 heterocycles. The van der Waals surface area contributed by atoms with E-state index in [1.807, 2.05) is 61.5 Å². The maximum absolute atomic E-state index is 12.9. The first kappa shape index (κ1) is 20.7. The first-order chi connectivity index (χ1) is 15.0. The van der Waals surface area contributed by atoms with Gasteiger partial charge in [0, 0.05) is 12.1 Å². The van der Waals surface area contributed by atoms with Crippen molar-refractivity contribution in [3.63, 3.8) is 0 Å². The zero-order valence-electron chi connectivity index (χ0n) is 17.3. The number of methoxy groups -OCH3 is 1. The lowest BCUT2D eigenvalue weighted by Crippen LogP contribution is -2.35. The molecule has 0 bridgehead atoms. The molecule has 0 aliphatic heterocycles. The molecular weight excluding hydrogens is 412 g/mol. The molecule has 1 amide bonds. The average Bonchev–Trinajstić information content (AvgIpc) is 3.18. The lowest BCUT2D eigenvalue weighted by Gasteiger charge is -2.10. The van der Waals surface area contributed by atoms with Crippen LogP contribution in [0.25, 0.3) is 21.5 Å². The minimum atomic E-state index is -0.371. The second kappa shape index (κ2) is 9.09. The number of benzene rings is 2. The third-order valence-electron chi connectivity index (χ3n) is 4.82. The normalized spacial score (nSPS) is 10.9. The highest BCUT2D eigenvalue weighted by molar-refractivity contribution is 7.19. The number of fused-ring (bicyclic) bond motifs is 1. The van der Waals surface area contributed by atoms with Crippen molar-refractivity contribution in [2.24, 2.45) is 0 Å². The van der Waals surface area contributed by atoms with Crippen molar-refractivity contribution < 1.29 is 9.53 Å². The van der Waals surface area contributed by atoms with E-state index in [1.54, 1.807) is 7.11 Å². The summed E-state index contributed by atoms with van der Waals surface area (Å²) in [4.78, 5) is 29.8. The Labute approximate surface area is 183 Å². The molecule has 2 aromatic heterocycles. The van der Waals surface area contributed by atoms with Crippen molar-refractivity contribution in [2.75, 3.05) is 13.7 Å². The van der Waals surface area contributed by atoms with Gasteiger partial charge >= 0.3 is 0 Å². The summed E-state index contributed by atoms with van der Waals surface area (Å²) in [6.07, 6.45) is 0.717. The fourth-order valence-electron chi connectivity index (χ4n) is 3.32. The quantitative estimate of drug-likeness (QED) is 0.483. The van der Waals surface area contributed by atoms with E-state index < -0.39 is 0 Å². The number of hydrogen-bond acceptors (Lipinski definition) is 6. The molecule has 0 unspecified atom stereocenters. The Morgan fingerprint density at radius 1 is 1.16 bits per heavy atom. The number of nitrogens with zero attached hydrogens (tertiary/aromatic N) is 3. The number of nitrogens with one attached hydrogen (secondary N) is 1. The second-order valence-corrected chi connectivity index (χ2v) is 8.24. The van der Waals surface area contributed by atoms with Crippen molar-refractivity contribution in [1.82, 2.24) is 20.1 Å². The van der Waals surface area contributed by atoms with Crippen LogP contribution in [0.2, 0.25) is 0 Å². The van der Waals surface area contributed by atoms with Gasteiger partial charge in [-0.25, -0.2) is 9.67 Å². The van der Waals surface area contributed by atoms with E-state index >= 15 is 0 Å². The van der Waals surface area contributed by atoms with E-state index in [2.05, 4.69) is 15.4 Å². The molecule has 0 saturated carbocycles. The third-order valence-corrected chi connectivity index (χ3v) is 5.80. The highest BCUT2D eigenvalue weighted by Crippen LogP contribution is 2.31. The number of carbonyl (C=O) groups excluding carboxylic acids is 1. The molecular formula is C23H22N4O3S. The van der Waals surface area contributed by atoms with Crippen LogP contribution < -0.4 is 15.6 Å². The molecule has 158 valence electrons. The lowest BCUT2D eigenvalue weighted by atomic mass is 10.1. The molecule has 1 N–H and O–H groups in total. The van der Waals surface area contributed by atoms with Gasteiger partial charge in [-0.05, 0) is 31.0 Å². The Morgan fingerprint density at radius 3 is 2.74 bits per heavy atom. The molecule has 0 aliphatic carbocycles. The van der Waals surface area contributed by atoms with Crippen molar-refractivity contribution in [3.8, 4) is 17.0 Å². The highest BCUT2D eigenvalue weighted by Gasteiger charge is 2.18. The molecule has 0 spiro atoms. The number of aromatic nitrogens is 3. The van der Waals surface area contributed by atoms with Crippen LogP contribution in [-0.2, 0) is 17.8 Å². The summed E-state index contributed by atoms with van der Waals surface area (Å²) in [5.74, 6) is 0.415. The molecule has 31 heavy (non-hydrogen) atoms. The summed E-state index contributed by atoms with van der Waals surface area (Å²) in [5, 5.41) is 8.15. The SMILES string of the molecule is COc1cccc(-c2nn(CC(=O)NCCc3ccccc3)c(=O)c3nc(C)sc23)c1. The number of ether oxygens (including phenoxy) is 1. The molecule has 8 heteroatoms. The van der Waals surface area contributed by atoms with Gasteiger partial charge in [0.25, 0.3) is 5.56 Å². The Bertz CT molecular complexity index is 1280. The van der Waals surface area contributed by atoms with E-state index in [0.717, 1.165) is 16.1 Å². The van der Waals surface area contributed by atoms with E-state index in [-0.39, 0.29) is 18.0 Å². The van der Waals surface area contributed by atoms with Crippen molar-refractivity contribution >= 4 is 27.5 Å². The summed E-state index contributed by atoms with van der Waals surface area (Å²) in [6, 6.07) is 17.4. The molecule has 7 nitrogen and oxygen atoms in total. The summed E-state index contributed by atoms with van der Waals surface area (Å²) in [7, 11) is 1.60. The lowest BCUT2D eigenvalue weighted by molar-refractivity contribution is -0.121. The van der Waals surface area contributed by atoms with Gasteiger partial charge < -0.3 is 10.1 Å². The summed E-state index contributed by atoms with van der Waals surface area (Å²) >= 11 is 1.41. The van der Waals surface area contributed by atoms with Crippen molar-refractivity contribution in [3.05, 3.63) is 75.5 Å². The zero-order chi connectivity index (χ0) is 21.8. The summed E-state index contributed by atoms with van der Waals surface area (Å²) < 4.78 is 7.21. The molecule has 4 aromatic rings. The Kier molecular flexibility index (Phi) is 6.08. The number of thiazole rings is 1. The molecule has 2 aromatic carbocycles. The van der Waals surface area contributed by atoms with Crippen molar-refractivity contribution in [2.45, 2.75) is 19.9 Å². The van der Waals surface area contributed by atoms with Crippen LogP contribution in [0, 0.1) is 6.92 Å². The standard InChI is InChI=1S/C23H22N4O3S/c1-15-25-21-22(31-15)20(17-9-6-10-18(13-17)30-2)26-27(23(21)29)14-19(28)24-12-11-16-7-4-3-5-8-16/h3-10,13H,11-12,14H2,1-2H3,(H,24,28). The van der Waals surface area contributed by atoms with Crippen molar-refractivity contribution in [1.29, 1.82) is 0 Å². The van der Waals surface area contributed by atoms with Crippen LogP contribution >= 0.6 is 11.3 Å². The molecule has 0 atom stereocenters. The Balaban J connectivity index is 1.61. The van der Waals surface area contributed by atoms with Gasteiger partial charge in [0.1, 0.15) is 18.0 Å². The highest BCUT2D eigenvalue weighted by atomic mass is 32.1. The third kappa shape index (κ3) is 4.64. The van der Waals surface area contributed by atoms with Crippen LogP contribution in [0.15, 0.2) is 59.4 Å². The number of carbonyl (C=O) groups is 1. The molecule has 0 aliphatic rings. The summed E-state index contributed by atoms with van der Waals surface area (Å²) in [5.41, 5.74) is 2.50. The van der Waals surface area contributed by atoms with E-state index in [1.165, 1.54) is 16.0 Å². The maximum Gasteiger partial charge on any atom is 0.294 e. The van der Waals surface area contributed by atoms with Gasteiger partial charge in [-0.1, -0.05) is 42.5 Å². The average molecular weight is 435 g/mol. The van der Waals surface area contributed by atoms with Crippen LogP contribution in [0.4, 0.5) is 0 Å². The first-order valence-electron chi connectivity index (χ1n) is 9.88. The van der Waals surface area contributed by atoms with Gasteiger partial charge in [-0.3, -0.25) is 9.59 Å². The number of aryl methyl sites for hydroxylation is 1. The number of rotatable bonds is 7. The minimum absolute atomic E-state index is 0.170. The van der Waals surface area contributed by atoms with Gasteiger partial charge in [-0.15, -0.1) is 11.3 Å². The largest absolute Gasteiger partial charge is 0.497 e. The predicted octanol–water partition coefficient (Wildman–Crippen LogP) is 3.20. The van der Waals surface area contributed by atoms with Gasteiger partial charge in [0.05, 0.1) is 16.8 Å². The summed E-state index contributed by atoms with van der Waals surface area (Å²) in [6.45, 7) is 2.16. The molecule has 0 fully saturated rings. The Morgan fingerprint density at radius 2 is 1.97 bits per heavy atom. The number of hydrogen-bond donors (Lipinski definition) is 1. The second-order valence-electron chi connectivity index (χ2n) is 7.04. The molecule has 0 radical (unpaired) electrons. The fourth-order valence-corrected chi connectivity index (χ4v) is 4.23. The molecule has 4 rings (SSSR count). The van der Waals surface area contributed by atoms with Crippen LogP contribution in [0.1, 0.15) is 10.6 Å². The van der Waals surface area contributed by atoms with Crippen LogP contribution in [0.5, 0.6) is 5.75 Å². The monoisotopic (exact) mass is 434 g/mol. The zero-order valence-corrected chi connectivity index (χ0v) is 18.1. The van der Waals surface area contributed by atoms with Crippen LogP contribution in [0.3, 0.4) is 0 Å². The van der Waals surface area contributed by atoms with Crippen LogP contribution in [-0.4, -0.2) is 34.3 Å². The fraction of sp³-hybridized carbons (Fsp3) is 0.217. The smallest absolute Gasteiger partial charge is 0.294 e. The van der Waals surface area contributed by atoms with E-state index in [4.69, 9.17) is 4.74 Å². The maximum atomic E-state index is 12.9. The minimum Gasteiger partial charge on any atom is -0.497 e. The Hall–Kier alpha value is -3.52. The number of amides is 1. The van der Waals surface area contributed by atoms with Gasteiger partial charge in [0.15, 0.2) is 5.52 Å². The topological polar surface area (TPSA) is 86.1 Å². The first-order valence-corrected chi connectivity index (χ1v) is 10.7. The predicted molar refractivity (Wildman–Crippen MR) is 122 cm³/mol. The van der Waals surface area contributed by atoms with E-state index in [9.17, 15) is 9.59 Å². The van der Waals surface area contributed by atoms with Gasteiger partial charge in [-0.2, -0.15) is 5.10 Å². The van der Waals surface area contributed by atoms with E-state index in [0.29, 0.717) is 34.6 Å².